The van der Waals surface area contributed by atoms with Gasteiger partial charge in [-0.25, -0.2) is 0 Å². The van der Waals surface area contributed by atoms with Crippen LogP contribution in [-0.2, 0) is 0 Å². The average Bonchev–Trinajstić information content (AvgIpc) is 2.46. The number of rotatable bonds is 1. The van der Waals surface area contributed by atoms with Gasteiger partial charge < -0.3 is 11.5 Å². The van der Waals surface area contributed by atoms with Crippen molar-refractivity contribution < 1.29 is 0 Å². The lowest BCUT2D eigenvalue weighted by Crippen LogP contribution is -2.40. The number of hydrogen-bond donors (Lipinski definition) is 2. The fourth-order valence-electron chi connectivity index (χ4n) is 2.37. The first kappa shape index (κ1) is 6.58. The maximum atomic E-state index is 5.95. The van der Waals surface area contributed by atoms with Crippen molar-refractivity contribution in [1.82, 2.24) is 4.90 Å². The molecule has 10 heavy (non-hydrogen) atoms. The number of nitrogens with zero attached hydrogens (tertiary/aromatic N) is 1. The van der Waals surface area contributed by atoms with Crippen LogP contribution in [0, 0.1) is 5.92 Å². The molecule has 0 spiro atoms. The molecule has 1 aliphatic carbocycles. The smallest absolute Gasteiger partial charge is 0.0458 e. The molecule has 1 saturated heterocycles. The van der Waals surface area contributed by atoms with E-state index in [4.69, 9.17) is 11.5 Å². The third-order valence-electron chi connectivity index (χ3n) is 2.99. The van der Waals surface area contributed by atoms with E-state index in [2.05, 4.69) is 4.90 Å². The van der Waals surface area contributed by atoms with E-state index in [9.17, 15) is 0 Å². The van der Waals surface area contributed by atoms with E-state index < -0.39 is 0 Å². The van der Waals surface area contributed by atoms with Crippen molar-refractivity contribution in [3.8, 4) is 0 Å². The summed E-state index contributed by atoms with van der Waals surface area (Å²) < 4.78 is 0. The largest absolute Gasteiger partial charge is 0.326 e. The van der Waals surface area contributed by atoms with Crippen LogP contribution in [-0.4, -0.2) is 30.2 Å². The number of hydrogen-bond acceptors (Lipinski definition) is 3. The van der Waals surface area contributed by atoms with Crippen molar-refractivity contribution in [3.05, 3.63) is 0 Å². The Labute approximate surface area is 61.4 Å². The quantitative estimate of drug-likeness (QED) is 0.509. The second-order valence-electron chi connectivity index (χ2n) is 3.44. The van der Waals surface area contributed by atoms with E-state index in [1.54, 1.807) is 0 Å². The van der Waals surface area contributed by atoms with Crippen LogP contribution < -0.4 is 11.5 Å². The van der Waals surface area contributed by atoms with E-state index in [-0.39, 0.29) is 0 Å². The zero-order valence-corrected chi connectivity index (χ0v) is 6.16. The summed E-state index contributed by atoms with van der Waals surface area (Å²) in [6.07, 6.45) is 2.59. The lowest BCUT2D eigenvalue weighted by Gasteiger charge is -2.24. The summed E-state index contributed by atoms with van der Waals surface area (Å²) in [4.78, 5) is 2.30. The minimum atomic E-state index is 0.420. The molecule has 2 fully saturated rings. The van der Waals surface area contributed by atoms with E-state index >= 15 is 0 Å². The third kappa shape index (κ3) is 0.713. The predicted molar refractivity (Wildman–Crippen MR) is 40.2 cm³/mol. The first-order valence-corrected chi connectivity index (χ1v) is 4.02. The van der Waals surface area contributed by atoms with Gasteiger partial charge in [0.25, 0.3) is 0 Å². The number of fused-ring (bicyclic) bond motifs is 2. The van der Waals surface area contributed by atoms with E-state index in [1.807, 2.05) is 0 Å². The lowest BCUT2D eigenvalue weighted by atomic mass is 10.1. The van der Waals surface area contributed by atoms with Gasteiger partial charge in [0.1, 0.15) is 0 Å². The highest BCUT2D eigenvalue weighted by Crippen LogP contribution is 2.35. The normalized spacial score (nSPS) is 46.8. The minimum absolute atomic E-state index is 0.420. The molecule has 4 N–H and O–H groups in total. The van der Waals surface area contributed by atoms with E-state index in [0.717, 1.165) is 12.5 Å². The van der Waals surface area contributed by atoms with Crippen LogP contribution in [0.5, 0.6) is 0 Å². The standard InChI is InChI=1S/C7H15N3/c8-4-10-3-5-1-2-6(10)7(5)9/h5-7H,1-4,8-9H2. The van der Waals surface area contributed by atoms with Crippen molar-refractivity contribution in [1.29, 1.82) is 0 Å². The molecule has 1 saturated carbocycles. The molecular formula is C7H15N3. The summed E-state index contributed by atoms with van der Waals surface area (Å²) in [5, 5.41) is 0. The lowest BCUT2D eigenvalue weighted by molar-refractivity contribution is 0.217. The highest BCUT2D eigenvalue weighted by atomic mass is 15.3. The summed E-state index contributed by atoms with van der Waals surface area (Å²) in [5.41, 5.74) is 11.5. The zero-order chi connectivity index (χ0) is 7.14. The second-order valence-corrected chi connectivity index (χ2v) is 3.44. The highest BCUT2D eigenvalue weighted by Gasteiger charge is 2.43. The highest BCUT2D eigenvalue weighted by molar-refractivity contribution is 5.01. The fraction of sp³-hybridized carbons (Fsp3) is 1.00. The molecule has 1 aliphatic heterocycles. The molecule has 0 radical (unpaired) electrons. The van der Waals surface area contributed by atoms with Crippen LogP contribution in [0.3, 0.4) is 0 Å². The molecule has 2 bridgehead atoms. The molecular weight excluding hydrogens is 126 g/mol. The van der Waals surface area contributed by atoms with Gasteiger partial charge in [-0.15, -0.1) is 0 Å². The van der Waals surface area contributed by atoms with Gasteiger partial charge in [-0.05, 0) is 18.8 Å². The van der Waals surface area contributed by atoms with Gasteiger partial charge in [-0.3, -0.25) is 4.90 Å². The van der Waals surface area contributed by atoms with Gasteiger partial charge in [0.2, 0.25) is 0 Å². The minimum Gasteiger partial charge on any atom is -0.326 e. The van der Waals surface area contributed by atoms with Gasteiger partial charge in [-0.1, -0.05) is 0 Å². The summed E-state index contributed by atoms with van der Waals surface area (Å²) in [7, 11) is 0. The molecule has 3 unspecified atom stereocenters. The Morgan fingerprint density at radius 3 is 2.50 bits per heavy atom. The molecule has 3 nitrogen and oxygen atoms in total. The molecule has 58 valence electrons. The topological polar surface area (TPSA) is 55.3 Å². The van der Waals surface area contributed by atoms with Crippen LogP contribution in [0.15, 0.2) is 0 Å². The maximum Gasteiger partial charge on any atom is 0.0458 e. The summed E-state index contributed by atoms with van der Waals surface area (Å²) >= 11 is 0. The van der Waals surface area contributed by atoms with Gasteiger partial charge in [0.15, 0.2) is 0 Å². The molecule has 2 aliphatic rings. The van der Waals surface area contributed by atoms with E-state index in [0.29, 0.717) is 18.8 Å². The second kappa shape index (κ2) is 2.19. The van der Waals surface area contributed by atoms with Gasteiger partial charge in [0.05, 0.1) is 0 Å². The monoisotopic (exact) mass is 141 g/mol. The number of nitrogens with two attached hydrogens (primary N) is 2. The van der Waals surface area contributed by atoms with Crippen molar-refractivity contribution in [3.63, 3.8) is 0 Å². The summed E-state index contributed by atoms with van der Waals surface area (Å²) in [6, 6.07) is 1.03. The zero-order valence-electron chi connectivity index (χ0n) is 6.16. The molecule has 3 heteroatoms. The molecule has 0 amide bonds. The molecule has 3 atom stereocenters. The average molecular weight is 141 g/mol. The Bertz CT molecular complexity index is 137. The first-order valence-electron chi connectivity index (χ1n) is 4.02. The van der Waals surface area contributed by atoms with Crippen LogP contribution in [0.25, 0.3) is 0 Å². The Morgan fingerprint density at radius 2 is 2.20 bits per heavy atom. The van der Waals surface area contributed by atoms with Crippen molar-refractivity contribution >= 4 is 0 Å². The van der Waals surface area contributed by atoms with Gasteiger partial charge >= 0.3 is 0 Å². The van der Waals surface area contributed by atoms with Gasteiger partial charge in [0, 0.05) is 25.3 Å². The molecule has 1 heterocycles. The van der Waals surface area contributed by atoms with Crippen LogP contribution in [0.2, 0.25) is 0 Å². The molecule has 2 rings (SSSR count). The fourth-order valence-corrected chi connectivity index (χ4v) is 2.37. The van der Waals surface area contributed by atoms with Crippen LogP contribution in [0.1, 0.15) is 12.8 Å². The van der Waals surface area contributed by atoms with Crippen LogP contribution >= 0.6 is 0 Å². The Hall–Kier alpha value is -0.120. The SMILES string of the molecule is NCN1CC2CCC1C2N. The number of piperidine rings is 1. The molecule has 0 aromatic rings. The first-order chi connectivity index (χ1) is 4.83. The van der Waals surface area contributed by atoms with Crippen molar-refractivity contribution in [2.24, 2.45) is 17.4 Å². The van der Waals surface area contributed by atoms with E-state index in [1.165, 1.54) is 12.8 Å². The van der Waals surface area contributed by atoms with Crippen LogP contribution in [0.4, 0.5) is 0 Å². The molecule has 0 aromatic heterocycles. The van der Waals surface area contributed by atoms with Gasteiger partial charge in [-0.2, -0.15) is 0 Å². The maximum absolute atomic E-state index is 5.95. The van der Waals surface area contributed by atoms with Crippen molar-refractivity contribution in [2.45, 2.75) is 24.9 Å². The summed E-state index contributed by atoms with van der Waals surface area (Å²) in [5.74, 6) is 0.744. The number of likely N-dealkylation sites (tertiary alicyclic amines) is 1. The predicted octanol–water partition coefficient (Wildman–Crippen LogP) is -0.676. The van der Waals surface area contributed by atoms with Crippen molar-refractivity contribution in [2.75, 3.05) is 13.2 Å². The molecule has 0 aromatic carbocycles. The third-order valence-corrected chi connectivity index (χ3v) is 2.99. The Kier molecular flexibility index (Phi) is 1.44. The Balaban J connectivity index is 2.08. The summed E-state index contributed by atoms with van der Waals surface area (Å²) in [6.45, 7) is 1.83. The Morgan fingerprint density at radius 1 is 1.40 bits per heavy atom.